The number of benzene rings is 1. The smallest absolute Gasteiger partial charge is 0.119 e. The van der Waals surface area contributed by atoms with Crippen LogP contribution in [0.3, 0.4) is 0 Å². The Morgan fingerprint density at radius 2 is 1.73 bits per heavy atom. The van der Waals surface area contributed by atoms with E-state index < -0.39 is 0 Å². The van der Waals surface area contributed by atoms with Gasteiger partial charge in [-0.3, -0.25) is 0 Å². The van der Waals surface area contributed by atoms with Crippen LogP contribution in [0.5, 0.6) is 5.75 Å². The van der Waals surface area contributed by atoms with Gasteiger partial charge in [-0.15, -0.1) is 0 Å². The van der Waals surface area contributed by atoms with E-state index in [9.17, 15) is 0 Å². The summed E-state index contributed by atoms with van der Waals surface area (Å²) in [4.78, 5) is 0. The summed E-state index contributed by atoms with van der Waals surface area (Å²) in [6, 6.07) is 8.68. The minimum Gasteiger partial charge on any atom is -0.493 e. The molecule has 0 heterocycles. The zero-order valence-electron chi connectivity index (χ0n) is 10.1. The Hall–Kier alpha value is -1.02. The van der Waals surface area contributed by atoms with Crippen molar-refractivity contribution in [2.75, 3.05) is 13.7 Å². The molecule has 0 aromatic heterocycles. The molecule has 0 unspecified atom stereocenters. The van der Waals surface area contributed by atoms with Crippen molar-refractivity contribution in [2.24, 2.45) is 5.92 Å². The van der Waals surface area contributed by atoms with Crippen LogP contribution in [-0.4, -0.2) is 13.7 Å². The van der Waals surface area contributed by atoms with Crippen molar-refractivity contribution in [1.29, 1.82) is 0 Å². The normalized spacial score (nSPS) is 12.9. The lowest BCUT2D eigenvalue weighted by molar-refractivity contribution is 0.271. The molecule has 1 aromatic carbocycles. The molecular weight excluding hydrogens is 186 g/mol. The van der Waals surface area contributed by atoms with Crippen LogP contribution in [0, 0.1) is 5.92 Å². The number of nitrogens with one attached hydrogen (secondary N) is 1. The van der Waals surface area contributed by atoms with Gasteiger partial charge in [-0.2, -0.15) is 0 Å². The fourth-order valence-electron chi connectivity index (χ4n) is 1.28. The highest BCUT2D eigenvalue weighted by Gasteiger charge is 2.02. The van der Waals surface area contributed by atoms with Gasteiger partial charge in [0.1, 0.15) is 5.75 Å². The van der Waals surface area contributed by atoms with Gasteiger partial charge in [-0.05, 0) is 37.6 Å². The van der Waals surface area contributed by atoms with Crippen LogP contribution in [0.1, 0.15) is 32.4 Å². The maximum absolute atomic E-state index is 5.62. The van der Waals surface area contributed by atoms with E-state index in [4.69, 9.17) is 4.74 Å². The van der Waals surface area contributed by atoms with Gasteiger partial charge in [-0.1, -0.05) is 26.0 Å². The Labute approximate surface area is 92.6 Å². The van der Waals surface area contributed by atoms with Gasteiger partial charge in [0, 0.05) is 6.04 Å². The first kappa shape index (κ1) is 12.1. The van der Waals surface area contributed by atoms with Crippen LogP contribution >= 0.6 is 0 Å². The molecule has 2 heteroatoms. The molecule has 1 aromatic rings. The lowest BCUT2D eigenvalue weighted by Crippen LogP contribution is -2.12. The van der Waals surface area contributed by atoms with E-state index >= 15 is 0 Å². The van der Waals surface area contributed by atoms with Crippen molar-refractivity contribution in [3.8, 4) is 5.75 Å². The lowest BCUT2D eigenvalue weighted by atomic mass is 10.1. The largest absolute Gasteiger partial charge is 0.493 e. The molecule has 1 N–H and O–H groups in total. The predicted molar refractivity (Wildman–Crippen MR) is 64.2 cm³/mol. The van der Waals surface area contributed by atoms with Gasteiger partial charge in [0.2, 0.25) is 0 Å². The summed E-state index contributed by atoms with van der Waals surface area (Å²) in [6.45, 7) is 7.22. The van der Waals surface area contributed by atoms with Crippen LogP contribution in [0.4, 0.5) is 0 Å². The average Bonchev–Trinajstić information content (AvgIpc) is 2.26. The first-order valence-corrected chi connectivity index (χ1v) is 5.53. The van der Waals surface area contributed by atoms with Crippen LogP contribution in [0.2, 0.25) is 0 Å². The van der Waals surface area contributed by atoms with Gasteiger partial charge in [0.05, 0.1) is 6.61 Å². The van der Waals surface area contributed by atoms with Crippen molar-refractivity contribution in [2.45, 2.75) is 26.8 Å². The van der Waals surface area contributed by atoms with Crippen molar-refractivity contribution >= 4 is 0 Å². The first-order chi connectivity index (χ1) is 7.13. The van der Waals surface area contributed by atoms with E-state index in [1.54, 1.807) is 0 Å². The summed E-state index contributed by atoms with van der Waals surface area (Å²) in [7, 11) is 1.97. The fourth-order valence-corrected chi connectivity index (χ4v) is 1.28. The van der Waals surface area contributed by atoms with E-state index in [1.165, 1.54) is 5.56 Å². The van der Waals surface area contributed by atoms with E-state index in [2.05, 4.69) is 38.2 Å². The molecule has 0 bridgehead atoms. The second-order valence-corrected chi connectivity index (χ2v) is 4.28. The third-order valence-electron chi connectivity index (χ3n) is 2.40. The molecule has 0 spiro atoms. The van der Waals surface area contributed by atoms with Gasteiger partial charge in [0.25, 0.3) is 0 Å². The molecule has 0 saturated heterocycles. The Morgan fingerprint density at radius 3 is 2.20 bits per heavy atom. The molecule has 2 nitrogen and oxygen atoms in total. The molecule has 0 amide bonds. The zero-order chi connectivity index (χ0) is 11.3. The van der Waals surface area contributed by atoms with Crippen LogP contribution < -0.4 is 10.1 Å². The van der Waals surface area contributed by atoms with Crippen molar-refractivity contribution in [3.63, 3.8) is 0 Å². The van der Waals surface area contributed by atoms with E-state index in [0.717, 1.165) is 12.4 Å². The van der Waals surface area contributed by atoms with Crippen molar-refractivity contribution < 1.29 is 4.74 Å². The number of hydrogen-bond donors (Lipinski definition) is 1. The molecule has 0 aliphatic carbocycles. The average molecular weight is 207 g/mol. The molecule has 0 radical (unpaired) electrons. The standard InChI is InChI=1S/C13H21NO/c1-10(2)9-15-13-7-5-12(6-8-13)11(3)14-4/h5-8,10-11,14H,9H2,1-4H3/t11-/m0/s1. The van der Waals surface area contributed by atoms with Crippen LogP contribution in [0.15, 0.2) is 24.3 Å². The molecule has 1 atom stereocenters. The van der Waals surface area contributed by atoms with Crippen LogP contribution in [0.25, 0.3) is 0 Å². The quantitative estimate of drug-likeness (QED) is 0.801. The molecule has 0 aliphatic heterocycles. The van der Waals surface area contributed by atoms with Gasteiger partial charge in [-0.25, -0.2) is 0 Å². The Bertz CT molecular complexity index is 279. The van der Waals surface area contributed by atoms with E-state index in [0.29, 0.717) is 12.0 Å². The molecule has 0 saturated carbocycles. The zero-order valence-corrected chi connectivity index (χ0v) is 10.1. The minimum absolute atomic E-state index is 0.393. The Balaban J connectivity index is 2.56. The molecule has 0 aliphatic rings. The Morgan fingerprint density at radius 1 is 1.13 bits per heavy atom. The van der Waals surface area contributed by atoms with Crippen molar-refractivity contribution in [3.05, 3.63) is 29.8 Å². The monoisotopic (exact) mass is 207 g/mol. The Kier molecular flexibility index (Phi) is 4.63. The third-order valence-corrected chi connectivity index (χ3v) is 2.40. The first-order valence-electron chi connectivity index (χ1n) is 5.53. The fraction of sp³-hybridized carbons (Fsp3) is 0.538. The lowest BCUT2D eigenvalue weighted by Gasteiger charge is -2.12. The molecule has 15 heavy (non-hydrogen) atoms. The summed E-state index contributed by atoms with van der Waals surface area (Å²) in [5, 5.41) is 3.21. The number of rotatable bonds is 5. The van der Waals surface area contributed by atoms with Gasteiger partial charge in [0.15, 0.2) is 0 Å². The second kappa shape index (κ2) is 5.76. The predicted octanol–water partition coefficient (Wildman–Crippen LogP) is 3.00. The SMILES string of the molecule is CN[C@@H](C)c1ccc(OCC(C)C)cc1. The van der Waals surface area contributed by atoms with Gasteiger partial charge >= 0.3 is 0 Å². The molecular formula is C13H21NO. The summed E-state index contributed by atoms with van der Waals surface area (Å²) >= 11 is 0. The minimum atomic E-state index is 0.393. The maximum Gasteiger partial charge on any atom is 0.119 e. The van der Waals surface area contributed by atoms with Crippen molar-refractivity contribution in [1.82, 2.24) is 5.32 Å². The highest BCUT2D eigenvalue weighted by atomic mass is 16.5. The number of hydrogen-bond acceptors (Lipinski definition) is 2. The highest BCUT2D eigenvalue weighted by molar-refractivity contribution is 5.28. The maximum atomic E-state index is 5.62. The van der Waals surface area contributed by atoms with E-state index in [1.807, 2.05) is 19.2 Å². The van der Waals surface area contributed by atoms with E-state index in [-0.39, 0.29) is 0 Å². The molecule has 0 fully saturated rings. The number of ether oxygens (including phenoxy) is 1. The van der Waals surface area contributed by atoms with Crippen LogP contribution in [-0.2, 0) is 0 Å². The highest BCUT2D eigenvalue weighted by Crippen LogP contribution is 2.17. The summed E-state index contributed by atoms with van der Waals surface area (Å²) < 4.78 is 5.62. The summed E-state index contributed by atoms with van der Waals surface area (Å²) in [5.41, 5.74) is 1.29. The molecule has 84 valence electrons. The van der Waals surface area contributed by atoms with Gasteiger partial charge < -0.3 is 10.1 Å². The summed E-state index contributed by atoms with van der Waals surface area (Å²) in [5.74, 6) is 1.52. The summed E-state index contributed by atoms with van der Waals surface area (Å²) in [6.07, 6.45) is 0. The molecule has 1 rings (SSSR count). The third kappa shape index (κ3) is 3.92. The topological polar surface area (TPSA) is 21.3 Å². The second-order valence-electron chi connectivity index (χ2n) is 4.28.